The molecule has 0 bridgehead atoms. The molecule has 1 aromatic heterocycles. The van der Waals surface area contributed by atoms with Crippen LogP contribution in [0.2, 0.25) is 0 Å². The van der Waals surface area contributed by atoms with Gasteiger partial charge in [-0.1, -0.05) is 18.2 Å². The van der Waals surface area contributed by atoms with Crippen LogP contribution in [0, 0.1) is 0 Å². The van der Waals surface area contributed by atoms with Crippen molar-refractivity contribution in [2.24, 2.45) is 0 Å². The Labute approximate surface area is 145 Å². The number of nitrogens with one attached hydrogen (secondary N) is 1. The highest BCUT2D eigenvalue weighted by molar-refractivity contribution is 8.16. The maximum Gasteiger partial charge on any atom is 0.248 e. The second-order valence-electron chi connectivity index (χ2n) is 5.16. The monoisotopic (exact) mass is 342 g/mol. The Bertz CT molecular complexity index is 682. The van der Waals surface area contributed by atoms with Gasteiger partial charge in [0.2, 0.25) is 5.91 Å². The molecular weight excluding hydrogens is 324 g/mol. The van der Waals surface area contributed by atoms with Crippen molar-refractivity contribution in [2.75, 3.05) is 16.8 Å². The molecule has 0 radical (unpaired) electrons. The van der Waals surface area contributed by atoms with Gasteiger partial charge >= 0.3 is 0 Å². The predicted molar refractivity (Wildman–Crippen MR) is 101 cm³/mol. The topological polar surface area (TPSA) is 42.0 Å². The lowest BCUT2D eigenvalue weighted by Gasteiger charge is -2.21. The van der Waals surface area contributed by atoms with Gasteiger partial charge in [-0.3, -0.25) is 9.78 Å². The van der Waals surface area contributed by atoms with Crippen LogP contribution in [0.3, 0.4) is 0 Å². The van der Waals surface area contributed by atoms with Gasteiger partial charge < -0.3 is 5.32 Å². The van der Waals surface area contributed by atoms with Crippen LogP contribution in [-0.4, -0.2) is 22.4 Å². The molecule has 0 saturated carbocycles. The third-order valence-electron chi connectivity index (χ3n) is 3.37. The molecule has 1 amide bonds. The Balaban J connectivity index is 1.63. The van der Waals surface area contributed by atoms with Crippen LogP contribution in [0.25, 0.3) is 6.08 Å². The molecule has 3 nitrogen and oxygen atoms in total. The number of hydrogen-bond acceptors (Lipinski definition) is 4. The van der Waals surface area contributed by atoms with E-state index in [9.17, 15) is 4.79 Å². The van der Waals surface area contributed by atoms with E-state index in [0.29, 0.717) is 4.58 Å². The standard InChI is InChI=1S/C18H18N2OS2/c21-17(8-7-14-4-2-9-19-13-14)20-16-6-1-5-15(12-16)18-22-10-3-11-23-18/h1-2,4-9,12-13,18H,3,10-11H2,(H,20,21). The normalized spacial score (nSPS) is 15.7. The van der Waals surface area contributed by atoms with E-state index < -0.39 is 0 Å². The molecule has 1 aromatic carbocycles. The van der Waals surface area contributed by atoms with Crippen LogP contribution >= 0.6 is 23.5 Å². The average molecular weight is 342 g/mol. The lowest BCUT2D eigenvalue weighted by atomic mass is 10.2. The van der Waals surface area contributed by atoms with Crippen LogP contribution in [0.1, 0.15) is 22.1 Å². The zero-order valence-electron chi connectivity index (χ0n) is 12.6. The maximum atomic E-state index is 12.0. The molecule has 1 aliphatic rings. The number of hydrogen-bond donors (Lipinski definition) is 1. The minimum atomic E-state index is -0.130. The molecule has 1 N–H and O–H groups in total. The summed E-state index contributed by atoms with van der Waals surface area (Å²) in [4.78, 5) is 16.1. The zero-order chi connectivity index (χ0) is 15.9. The number of carbonyl (C=O) groups excluding carboxylic acids is 1. The maximum absolute atomic E-state index is 12.0. The first-order valence-electron chi connectivity index (χ1n) is 7.53. The van der Waals surface area contributed by atoms with Gasteiger partial charge in [0, 0.05) is 24.2 Å². The molecule has 2 aromatic rings. The summed E-state index contributed by atoms with van der Waals surface area (Å²) < 4.78 is 0.478. The van der Waals surface area contributed by atoms with E-state index in [4.69, 9.17) is 0 Å². The van der Waals surface area contributed by atoms with Crippen molar-refractivity contribution in [1.29, 1.82) is 0 Å². The van der Waals surface area contributed by atoms with Crippen molar-refractivity contribution < 1.29 is 4.79 Å². The van der Waals surface area contributed by atoms with E-state index in [1.54, 1.807) is 18.5 Å². The van der Waals surface area contributed by atoms with E-state index in [1.165, 1.54) is 29.6 Å². The van der Waals surface area contributed by atoms with Crippen LogP contribution < -0.4 is 5.32 Å². The van der Waals surface area contributed by atoms with Crippen molar-refractivity contribution in [1.82, 2.24) is 4.98 Å². The third kappa shape index (κ3) is 4.88. The van der Waals surface area contributed by atoms with E-state index in [0.717, 1.165) is 11.3 Å². The summed E-state index contributed by atoms with van der Waals surface area (Å²) in [5.41, 5.74) is 3.02. The molecule has 5 heteroatoms. The quantitative estimate of drug-likeness (QED) is 0.825. The number of thioether (sulfide) groups is 2. The molecular formula is C18H18N2OS2. The number of amides is 1. The molecule has 0 unspecified atom stereocenters. The van der Waals surface area contributed by atoms with Gasteiger partial charge in [0.15, 0.2) is 0 Å². The number of benzene rings is 1. The van der Waals surface area contributed by atoms with Crippen LogP contribution in [0.15, 0.2) is 54.9 Å². The van der Waals surface area contributed by atoms with Gasteiger partial charge in [-0.05, 0) is 53.3 Å². The fourth-order valence-electron chi connectivity index (χ4n) is 2.27. The molecule has 1 fully saturated rings. The predicted octanol–water partition coefficient (Wildman–Crippen LogP) is 4.60. The number of carbonyl (C=O) groups is 1. The molecule has 1 aliphatic heterocycles. The van der Waals surface area contributed by atoms with Crippen molar-refractivity contribution in [2.45, 2.75) is 11.0 Å². The van der Waals surface area contributed by atoms with Crippen molar-refractivity contribution in [3.05, 3.63) is 66.0 Å². The van der Waals surface area contributed by atoms with Crippen molar-refractivity contribution in [3.63, 3.8) is 0 Å². The Morgan fingerprint density at radius 3 is 2.87 bits per heavy atom. The van der Waals surface area contributed by atoms with E-state index in [1.807, 2.05) is 47.8 Å². The molecule has 2 heterocycles. The second kappa shape index (κ2) is 8.22. The molecule has 23 heavy (non-hydrogen) atoms. The number of rotatable bonds is 4. The molecule has 0 atom stereocenters. The second-order valence-corrected chi connectivity index (χ2v) is 7.89. The van der Waals surface area contributed by atoms with E-state index >= 15 is 0 Å². The molecule has 0 spiro atoms. The summed E-state index contributed by atoms with van der Waals surface area (Å²) >= 11 is 3.96. The lowest BCUT2D eigenvalue weighted by Crippen LogP contribution is -2.08. The Hall–Kier alpha value is -1.72. The van der Waals surface area contributed by atoms with Gasteiger partial charge in [-0.15, -0.1) is 23.5 Å². The lowest BCUT2D eigenvalue weighted by molar-refractivity contribution is -0.111. The van der Waals surface area contributed by atoms with Crippen LogP contribution in [0.4, 0.5) is 5.69 Å². The Morgan fingerprint density at radius 1 is 1.22 bits per heavy atom. The fraction of sp³-hybridized carbons (Fsp3) is 0.222. The van der Waals surface area contributed by atoms with Gasteiger partial charge in [0.05, 0.1) is 4.58 Å². The average Bonchev–Trinajstić information content (AvgIpc) is 2.62. The highest BCUT2D eigenvalue weighted by Gasteiger charge is 2.16. The molecule has 118 valence electrons. The first-order chi connectivity index (χ1) is 11.3. The van der Waals surface area contributed by atoms with E-state index in [2.05, 4.69) is 22.4 Å². The van der Waals surface area contributed by atoms with Crippen molar-refractivity contribution >= 4 is 41.2 Å². The van der Waals surface area contributed by atoms with E-state index in [-0.39, 0.29) is 5.91 Å². The van der Waals surface area contributed by atoms with Crippen LogP contribution in [-0.2, 0) is 4.79 Å². The zero-order valence-corrected chi connectivity index (χ0v) is 14.3. The minimum absolute atomic E-state index is 0.130. The third-order valence-corrected chi connectivity index (χ3v) is 6.38. The smallest absolute Gasteiger partial charge is 0.248 e. The first-order valence-corrected chi connectivity index (χ1v) is 9.63. The summed E-state index contributed by atoms with van der Waals surface area (Å²) in [6.45, 7) is 0. The Morgan fingerprint density at radius 2 is 2.09 bits per heavy atom. The number of pyridine rings is 1. The summed E-state index contributed by atoms with van der Waals surface area (Å²) in [5, 5.41) is 2.93. The minimum Gasteiger partial charge on any atom is -0.323 e. The van der Waals surface area contributed by atoms with Crippen molar-refractivity contribution in [3.8, 4) is 0 Å². The first kappa shape index (κ1) is 16.1. The number of aromatic nitrogens is 1. The SMILES string of the molecule is O=C(C=Cc1cccnc1)Nc1cccc(C2SCCCS2)c1. The summed E-state index contributed by atoms with van der Waals surface area (Å²) in [6, 6.07) is 11.9. The number of nitrogens with zero attached hydrogens (tertiary/aromatic N) is 1. The fourth-order valence-corrected chi connectivity index (χ4v) is 5.15. The van der Waals surface area contributed by atoms with Gasteiger partial charge in [0.25, 0.3) is 0 Å². The largest absolute Gasteiger partial charge is 0.323 e. The van der Waals surface area contributed by atoms with Crippen LogP contribution in [0.5, 0.6) is 0 Å². The van der Waals surface area contributed by atoms with Gasteiger partial charge in [-0.2, -0.15) is 0 Å². The highest BCUT2D eigenvalue weighted by Crippen LogP contribution is 2.43. The van der Waals surface area contributed by atoms with Gasteiger partial charge in [-0.25, -0.2) is 0 Å². The highest BCUT2D eigenvalue weighted by atomic mass is 32.2. The summed E-state index contributed by atoms with van der Waals surface area (Å²) in [7, 11) is 0. The summed E-state index contributed by atoms with van der Waals surface area (Å²) in [6.07, 6.45) is 8.01. The number of anilines is 1. The van der Waals surface area contributed by atoms with Gasteiger partial charge in [0.1, 0.15) is 0 Å². The Kier molecular flexibility index (Phi) is 5.77. The summed E-state index contributed by atoms with van der Waals surface area (Å²) in [5.74, 6) is 2.29. The molecule has 1 saturated heterocycles. The molecule has 0 aliphatic carbocycles. The molecule has 3 rings (SSSR count).